The molecule has 94 valence electrons. The van der Waals surface area contributed by atoms with E-state index >= 15 is 0 Å². The summed E-state index contributed by atoms with van der Waals surface area (Å²) in [4.78, 5) is 25.1. The van der Waals surface area contributed by atoms with Crippen LogP contribution in [0.4, 0.5) is 0 Å². The number of aromatic nitrogens is 2. The molecule has 4 atom stereocenters. The molecule has 1 aromatic rings. The summed E-state index contributed by atoms with van der Waals surface area (Å²) in [5.74, 6) is 0. The average Bonchev–Trinajstić information content (AvgIpc) is 2.65. The van der Waals surface area contributed by atoms with Crippen molar-refractivity contribution in [3.05, 3.63) is 32.6 Å². The predicted octanol–water partition coefficient (Wildman–Crippen LogP) is -0.0966. The Morgan fingerprint density at radius 3 is 3.00 bits per heavy atom. The lowest BCUT2D eigenvalue weighted by atomic mass is 10.1. The van der Waals surface area contributed by atoms with E-state index < -0.39 is 36.1 Å². The number of ether oxygens (including phenoxy) is 1. The van der Waals surface area contributed by atoms with Crippen LogP contribution in [0.25, 0.3) is 0 Å². The third kappa shape index (κ3) is 2.18. The Morgan fingerprint density at radius 2 is 2.41 bits per heavy atom. The summed E-state index contributed by atoms with van der Waals surface area (Å²) >= 11 is 0. The van der Waals surface area contributed by atoms with Gasteiger partial charge < -0.3 is 9.84 Å². The molecule has 1 aliphatic heterocycles. The quantitative estimate of drug-likeness (QED) is 0.757. The van der Waals surface area contributed by atoms with Gasteiger partial charge in [-0.3, -0.25) is 14.3 Å². The lowest BCUT2D eigenvalue weighted by Crippen LogP contribution is -2.33. The highest BCUT2D eigenvalue weighted by Gasteiger charge is 2.34. The predicted molar refractivity (Wildman–Crippen MR) is 60.9 cm³/mol. The number of aliphatic hydroxyl groups excluding tert-OH is 1. The van der Waals surface area contributed by atoms with Crippen LogP contribution in [0.15, 0.2) is 15.8 Å². The maximum Gasteiger partial charge on any atom is 0.330 e. The molecule has 6 nitrogen and oxygen atoms in total. The maximum absolute atomic E-state index is 11.7. The van der Waals surface area contributed by atoms with Crippen molar-refractivity contribution in [3.63, 3.8) is 0 Å². The van der Waals surface area contributed by atoms with Gasteiger partial charge in [-0.2, -0.15) is 0 Å². The maximum atomic E-state index is 11.7. The third-order valence-corrected chi connectivity index (χ3v) is 2.92. The smallest absolute Gasteiger partial charge is 0.330 e. The molecule has 0 saturated carbocycles. The number of hydrogen-bond donors (Lipinski definition) is 2. The molecule has 0 aliphatic carbocycles. The second-order valence-electron chi connectivity index (χ2n) is 4.17. The summed E-state index contributed by atoms with van der Waals surface area (Å²) in [6.45, 7) is 3.21. The number of nitrogens with zero attached hydrogens (tertiary/aromatic N) is 1. The fourth-order valence-electron chi connectivity index (χ4n) is 1.95. The minimum Gasteiger partial charge on any atom is -0.390 e. The molecular formula is C11H16N2O4. The van der Waals surface area contributed by atoms with Crippen molar-refractivity contribution >= 4 is 0 Å². The second kappa shape index (κ2) is 4.46. The van der Waals surface area contributed by atoms with Gasteiger partial charge in [0.2, 0.25) is 0 Å². The van der Waals surface area contributed by atoms with Gasteiger partial charge in [0.1, 0.15) is 6.23 Å². The Kier molecular flexibility index (Phi) is 2.82. The Bertz CT molecular complexity index is 551. The zero-order valence-electron chi connectivity index (χ0n) is 10.7. The summed E-state index contributed by atoms with van der Waals surface area (Å²) in [6, 6.07) is 0. The number of aromatic amines is 1. The van der Waals surface area contributed by atoms with Gasteiger partial charge in [-0.05, 0) is 13.3 Å². The first-order valence-corrected chi connectivity index (χ1v) is 5.48. The molecule has 2 rings (SSSR count). The Labute approximate surface area is 99.3 Å². The molecule has 1 aliphatic rings. The summed E-state index contributed by atoms with van der Waals surface area (Å²) < 4.78 is 14.3. The Balaban J connectivity index is 2.32. The third-order valence-electron chi connectivity index (χ3n) is 2.92. The molecule has 6 heteroatoms. The molecule has 1 aromatic heterocycles. The van der Waals surface area contributed by atoms with E-state index in [-0.39, 0.29) is 6.42 Å². The normalized spacial score (nSPS) is 31.2. The molecule has 0 amide bonds. The van der Waals surface area contributed by atoms with Gasteiger partial charge in [0.05, 0.1) is 12.2 Å². The van der Waals surface area contributed by atoms with Crippen molar-refractivity contribution in [3.8, 4) is 0 Å². The van der Waals surface area contributed by atoms with Gasteiger partial charge in [-0.25, -0.2) is 4.79 Å². The SMILES string of the molecule is [2H][C@H](C)[C@H]1O[C@@H](n2cc(C)c(=O)[nH]c2=O)C[C@@H]1O. The zero-order chi connectivity index (χ0) is 13.4. The topological polar surface area (TPSA) is 84.3 Å². The van der Waals surface area contributed by atoms with E-state index in [1.165, 1.54) is 10.8 Å². The van der Waals surface area contributed by atoms with Gasteiger partial charge in [0.15, 0.2) is 0 Å². The molecule has 1 fully saturated rings. The van der Waals surface area contributed by atoms with Crippen LogP contribution >= 0.6 is 0 Å². The lowest BCUT2D eigenvalue weighted by Gasteiger charge is -2.14. The number of H-pyrrole nitrogens is 1. The Morgan fingerprint density at radius 1 is 1.71 bits per heavy atom. The highest BCUT2D eigenvalue weighted by atomic mass is 16.5. The highest BCUT2D eigenvalue weighted by molar-refractivity contribution is 5.01. The summed E-state index contributed by atoms with van der Waals surface area (Å²) in [5.41, 5.74) is -0.601. The molecule has 0 unspecified atom stereocenters. The fourth-order valence-corrected chi connectivity index (χ4v) is 1.95. The van der Waals surface area contributed by atoms with Crippen LogP contribution in [0.2, 0.25) is 0 Å². The van der Waals surface area contributed by atoms with Crippen molar-refractivity contribution in [1.29, 1.82) is 0 Å². The molecule has 1 saturated heterocycles. The zero-order valence-corrected chi connectivity index (χ0v) is 9.71. The molecule has 0 aromatic carbocycles. The number of aryl methyl sites for hydroxylation is 1. The van der Waals surface area contributed by atoms with Crippen LogP contribution < -0.4 is 11.2 Å². The van der Waals surface area contributed by atoms with Crippen LogP contribution in [0.3, 0.4) is 0 Å². The first-order valence-electron chi connectivity index (χ1n) is 6.05. The van der Waals surface area contributed by atoms with Crippen molar-refractivity contribution in [2.24, 2.45) is 0 Å². The van der Waals surface area contributed by atoms with Crippen LogP contribution in [0.5, 0.6) is 0 Å². The van der Waals surface area contributed by atoms with Gasteiger partial charge in [0, 0.05) is 19.6 Å². The number of rotatable bonds is 2. The number of aliphatic hydroxyl groups is 1. The van der Waals surface area contributed by atoms with Crippen LogP contribution in [-0.2, 0) is 4.74 Å². The van der Waals surface area contributed by atoms with Crippen LogP contribution in [0.1, 0.15) is 32.9 Å². The van der Waals surface area contributed by atoms with Crippen molar-refractivity contribution in [1.82, 2.24) is 9.55 Å². The van der Waals surface area contributed by atoms with E-state index in [9.17, 15) is 14.7 Å². The largest absolute Gasteiger partial charge is 0.390 e. The summed E-state index contributed by atoms with van der Waals surface area (Å²) in [6.07, 6.45) is -0.962. The van der Waals surface area contributed by atoms with Crippen molar-refractivity contribution in [2.45, 2.75) is 45.1 Å². The second-order valence-corrected chi connectivity index (χ2v) is 4.17. The van der Waals surface area contributed by atoms with Gasteiger partial charge in [-0.1, -0.05) is 6.92 Å². The Hall–Kier alpha value is -1.40. The van der Waals surface area contributed by atoms with E-state index in [1.807, 2.05) is 0 Å². The molecule has 0 spiro atoms. The van der Waals surface area contributed by atoms with Crippen molar-refractivity contribution < 1.29 is 11.2 Å². The van der Waals surface area contributed by atoms with E-state index in [1.54, 1.807) is 13.8 Å². The van der Waals surface area contributed by atoms with Gasteiger partial charge in [0.25, 0.3) is 5.56 Å². The first kappa shape index (κ1) is 10.7. The van der Waals surface area contributed by atoms with Gasteiger partial charge >= 0.3 is 5.69 Å². The van der Waals surface area contributed by atoms with Crippen molar-refractivity contribution in [2.75, 3.05) is 0 Å². The van der Waals surface area contributed by atoms with Gasteiger partial charge in [-0.15, -0.1) is 0 Å². The monoisotopic (exact) mass is 241 g/mol. The lowest BCUT2D eigenvalue weighted by molar-refractivity contribution is -0.0218. The van der Waals surface area contributed by atoms with E-state index in [0.29, 0.717) is 5.56 Å². The molecule has 0 radical (unpaired) electrons. The van der Waals surface area contributed by atoms with E-state index in [0.717, 1.165) is 0 Å². The molecule has 2 N–H and O–H groups in total. The number of hydrogen-bond acceptors (Lipinski definition) is 4. The summed E-state index contributed by atoms with van der Waals surface area (Å²) in [5, 5.41) is 9.77. The van der Waals surface area contributed by atoms with Crippen LogP contribution in [0, 0.1) is 6.92 Å². The summed E-state index contributed by atoms with van der Waals surface area (Å²) in [7, 11) is 0. The molecular weight excluding hydrogens is 224 g/mol. The minimum atomic E-state index is -0.776. The number of nitrogens with one attached hydrogen (secondary N) is 1. The molecule has 2 heterocycles. The fraction of sp³-hybridized carbons (Fsp3) is 0.636. The average molecular weight is 241 g/mol. The standard InChI is InChI=1S/C11H16N2O4/c1-3-8-7(14)4-9(17-8)13-5-6(2)10(15)12-11(13)16/h5,7-9,14H,3-4H2,1-2H3,(H,12,15,16)/t7-,8+,9+/m0/s1/i3D/t3-,7+,8-,9-/m1. The first-order chi connectivity index (χ1) is 8.40. The molecule has 17 heavy (non-hydrogen) atoms. The highest BCUT2D eigenvalue weighted by Crippen LogP contribution is 2.28. The van der Waals surface area contributed by atoms with E-state index in [2.05, 4.69) is 4.98 Å². The minimum absolute atomic E-state index is 0.235. The molecule has 0 bridgehead atoms. The van der Waals surface area contributed by atoms with E-state index in [4.69, 9.17) is 6.11 Å². The van der Waals surface area contributed by atoms with Crippen LogP contribution in [-0.4, -0.2) is 26.9 Å².